The Morgan fingerprint density at radius 3 is 2.75 bits per heavy atom. The summed E-state index contributed by atoms with van der Waals surface area (Å²) in [4.78, 5) is 29.0. The smallest absolute Gasteiger partial charge is 0.314 e. The lowest BCUT2D eigenvalue weighted by atomic mass is 10.2. The molecule has 142 valence electrons. The van der Waals surface area contributed by atoms with Gasteiger partial charge in [-0.05, 0) is 55.7 Å². The minimum absolute atomic E-state index is 0.00111. The molecule has 3 aromatic rings. The standard InChI is InChI=1S/C21H19N3O4/c1-13-23-17-6-4-3-5-16(17)20(25)24(13)22-12-14-7-10-18(19(11-14)27-2)28-21(26)15-8-9-15/h3-7,10-12,15H,8-9H2,1-2H3. The zero-order valence-electron chi connectivity index (χ0n) is 15.6. The number of carbonyl (C=O) groups excluding carboxylic acids is 1. The normalized spacial score (nSPS) is 13.8. The molecule has 1 saturated carbocycles. The van der Waals surface area contributed by atoms with Crippen molar-refractivity contribution in [1.82, 2.24) is 9.66 Å². The summed E-state index contributed by atoms with van der Waals surface area (Å²) in [7, 11) is 1.51. The lowest BCUT2D eigenvalue weighted by Crippen LogP contribution is -2.20. The third-order valence-electron chi connectivity index (χ3n) is 4.55. The number of rotatable bonds is 5. The van der Waals surface area contributed by atoms with E-state index in [2.05, 4.69) is 10.1 Å². The molecule has 0 bridgehead atoms. The molecule has 0 amide bonds. The second-order valence-corrected chi connectivity index (χ2v) is 6.64. The van der Waals surface area contributed by atoms with Crippen molar-refractivity contribution >= 4 is 23.1 Å². The molecular weight excluding hydrogens is 358 g/mol. The van der Waals surface area contributed by atoms with Crippen molar-refractivity contribution in [3.8, 4) is 11.5 Å². The minimum atomic E-state index is -0.235. The van der Waals surface area contributed by atoms with Crippen molar-refractivity contribution in [2.75, 3.05) is 7.11 Å². The summed E-state index contributed by atoms with van der Waals surface area (Å²) in [5, 5.41) is 4.79. The molecule has 7 nitrogen and oxygen atoms in total. The zero-order chi connectivity index (χ0) is 19.7. The fraction of sp³-hybridized carbons (Fsp3) is 0.238. The van der Waals surface area contributed by atoms with Gasteiger partial charge in [-0.2, -0.15) is 9.78 Å². The minimum Gasteiger partial charge on any atom is -0.493 e. The number of hydrogen-bond donors (Lipinski definition) is 0. The van der Waals surface area contributed by atoms with Gasteiger partial charge in [0.25, 0.3) is 5.56 Å². The average molecular weight is 377 g/mol. The van der Waals surface area contributed by atoms with E-state index < -0.39 is 0 Å². The summed E-state index contributed by atoms with van der Waals surface area (Å²) in [5.74, 6) is 1.06. The van der Waals surface area contributed by atoms with Gasteiger partial charge >= 0.3 is 5.97 Å². The Morgan fingerprint density at radius 2 is 2.00 bits per heavy atom. The number of benzene rings is 2. The molecule has 0 aliphatic heterocycles. The highest BCUT2D eigenvalue weighted by molar-refractivity contribution is 5.83. The number of ether oxygens (including phenoxy) is 2. The zero-order valence-corrected chi connectivity index (χ0v) is 15.6. The van der Waals surface area contributed by atoms with Gasteiger partial charge in [-0.15, -0.1) is 0 Å². The Balaban J connectivity index is 1.63. The molecule has 1 fully saturated rings. The number of para-hydroxylation sites is 1. The van der Waals surface area contributed by atoms with Crippen LogP contribution in [0.25, 0.3) is 10.9 Å². The molecule has 2 aromatic carbocycles. The second-order valence-electron chi connectivity index (χ2n) is 6.64. The van der Waals surface area contributed by atoms with E-state index in [4.69, 9.17) is 9.47 Å². The van der Waals surface area contributed by atoms with E-state index in [1.54, 1.807) is 49.5 Å². The lowest BCUT2D eigenvalue weighted by molar-refractivity contribution is -0.135. The molecule has 0 N–H and O–H groups in total. The van der Waals surface area contributed by atoms with Crippen LogP contribution in [-0.4, -0.2) is 29.0 Å². The molecule has 0 radical (unpaired) electrons. The van der Waals surface area contributed by atoms with Gasteiger partial charge in [-0.3, -0.25) is 9.59 Å². The first kappa shape index (κ1) is 17.9. The van der Waals surface area contributed by atoms with Crippen molar-refractivity contribution in [3.05, 3.63) is 64.2 Å². The maximum atomic E-state index is 12.7. The highest BCUT2D eigenvalue weighted by Gasteiger charge is 2.32. The molecule has 1 aliphatic rings. The molecule has 1 aromatic heterocycles. The first-order valence-corrected chi connectivity index (χ1v) is 8.99. The third kappa shape index (κ3) is 3.51. The van der Waals surface area contributed by atoms with Crippen molar-refractivity contribution in [1.29, 1.82) is 0 Å². The molecular formula is C21H19N3O4. The Kier molecular flexibility index (Phi) is 4.65. The molecule has 7 heteroatoms. The van der Waals surface area contributed by atoms with Gasteiger partial charge in [0, 0.05) is 0 Å². The van der Waals surface area contributed by atoms with Gasteiger partial charge in [0.05, 0.1) is 30.1 Å². The SMILES string of the molecule is COc1cc(C=Nn2c(C)nc3ccccc3c2=O)ccc1OC(=O)C1CC1. The monoisotopic (exact) mass is 377 g/mol. The van der Waals surface area contributed by atoms with Gasteiger partial charge in [0.2, 0.25) is 0 Å². The Bertz CT molecular complexity index is 1150. The van der Waals surface area contributed by atoms with Crippen LogP contribution in [0.15, 0.2) is 52.4 Å². The molecule has 4 rings (SSSR count). The number of hydrogen-bond acceptors (Lipinski definition) is 6. The van der Waals surface area contributed by atoms with E-state index in [1.807, 2.05) is 6.07 Å². The van der Waals surface area contributed by atoms with Crippen LogP contribution >= 0.6 is 0 Å². The summed E-state index contributed by atoms with van der Waals surface area (Å²) in [6.45, 7) is 1.73. The van der Waals surface area contributed by atoms with Crippen LogP contribution in [0.4, 0.5) is 0 Å². The summed E-state index contributed by atoms with van der Waals surface area (Å²) in [5.41, 5.74) is 1.10. The summed E-state index contributed by atoms with van der Waals surface area (Å²) in [6.07, 6.45) is 3.29. The number of esters is 1. The number of carbonyl (C=O) groups is 1. The fourth-order valence-electron chi connectivity index (χ4n) is 2.85. The van der Waals surface area contributed by atoms with Crippen molar-refractivity contribution in [3.63, 3.8) is 0 Å². The molecule has 0 unspecified atom stereocenters. The van der Waals surface area contributed by atoms with Crippen LogP contribution in [0.3, 0.4) is 0 Å². The summed E-state index contributed by atoms with van der Waals surface area (Å²) in [6, 6.07) is 12.3. The summed E-state index contributed by atoms with van der Waals surface area (Å²) < 4.78 is 12.0. The Labute approximate surface area is 161 Å². The third-order valence-corrected chi connectivity index (χ3v) is 4.55. The Morgan fingerprint density at radius 1 is 1.21 bits per heavy atom. The van der Waals surface area contributed by atoms with Gasteiger partial charge in [-0.25, -0.2) is 4.98 Å². The molecule has 1 heterocycles. The Hall–Kier alpha value is -3.48. The van der Waals surface area contributed by atoms with Gasteiger partial charge in [0.15, 0.2) is 11.5 Å². The molecule has 1 aliphatic carbocycles. The maximum absolute atomic E-state index is 12.7. The molecule has 28 heavy (non-hydrogen) atoms. The van der Waals surface area contributed by atoms with Crippen molar-refractivity contribution < 1.29 is 14.3 Å². The predicted octanol–water partition coefficient (Wildman–Crippen LogP) is 2.91. The van der Waals surface area contributed by atoms with Crippen LogP contribution in [0.1, 0.15) is 24.2 Å². The average Bonchev–Trinajstić information content (AvgIpc) is 3.54. The number of fused-ring (bicyclic) bond motifs is 1. The fourth-order valence-corrected chi connectivity index (χ4v) is 2.85. The molecule has 0 atom stereocenters. The first-order chi connectivity index (χ1) is 13.6. The topological polar surface area (TPSA) is 82.8 Å². The lowest BCUT2D eigenvalue weighted by Gasteiger charge is -2.09. The van der Waals surface area contributed by atoms with Gasteiger partial charge in [-0.1, -0.05) is 12.1 Å². The van der Waals surface area contributed by atoms with Gasteiger partial charge in [0.1, 0.15) is 5.82 Å². The van der Waals surface area contributed by atoms with Crippen LogP contribution in [-0.2, 0) is 4.79 Å². The van der Waals surface area contributed by atoms with Crippen LogP contribution in [0, 0.1) is 12.8 Å². The summed E-state index contributed by atoms with van der Waals surface area (Å²) >= 11 is 0. The largest absolute Gasteiger partial charge is 0.493 e. The van der Waals surface area contributed by atoms with Crippen LogP contribution in [0.5, 0.6) is 11.5 Å². The quantitative estimate of drug-likeness (QED) is 0.388. The van der Waals surface area contributed by atoms with Crippen LogP contribution in [0.2, 0.25) is 0 Å². The van der Waals surface area contributed by atoms with E-state index in [0.717, 1.165) is 12.8 Å². The predicted molar refractivity (Wildman–Crippen MR) is 105 cm³/mol. The highest BCUT2D eigenvalue weighted by atomic mass is 16.6. The van der Waals surface area contributed by atoms with E-state index in [0.29, 0.717) is 33.8 Å². The molecule has 0 spiro atoms. The number of methoxy groups -OCH3 is 1. The van der Waals surface area contributed by atoms with E-state index >= 15 is 0 Å². The highest BCUT2D eigenvalue weighted by Crippen LogP contribution is 2.34. The number of aryl methyl sites for hydroxylation is 1. The van der Waals surface area contributed by atoms with Gasteiger partial charge < -0.3 is 9.47 Å². The number of aromatic nitrogens is 2. The van der Waals surface area contributed by atoms with Crippen molar-refractivity contribution in [2.45, 2.75) is 19.8 Å². The maximum Gasteiger partial charge on any atom is 0.314 e. The van der Waals surface area contributed by atoms with E-state index in [-0.39, 0.29) is 17.4 Å². The van der Waals surface area contributed by atoms with Crippen LogP contribution < -0.4 is 15.0 Å². The number of nitrogens with zero attached hydrogens (tertiary/aromatic N) is 3. The van der Waals surface area contributed by atoms with Crippen molar-refractivity contribution in [2.24, 2.45) is 11.0 Å². The first-order valence-electron chi connectivity index (χ1n) is 8.99. The molecule has 0 saturated heterocycles. The second kappa shape index (κ2) is 7.26. The van der Waals surface area contributed by atoms with E-state index in [9.17, 15) is 9.59 Å². The van der Waals surface area contributed by atoms with E-state index in [1.165, 1.54) is 11.8 Å².